The summed E-state index contributed by atoms with van der Waals surface area (Å²) >= 11 is 0. The van der Waals surface area contributed by atoms with Crippen LogP contribution in [-0.4, -0.2) is 25.2 Å². The van der Waals surface area contributed by atoms with Gasteiger partial charge in [0, 0.05) is 6.04 Å². The van der Waals surface area contributed by atoms with Crippen molar-refractivity contribution in [3.63, 3.8) is 0 Å². The Labute approximate surface area is 98.9 Å². The van der Waals surface area contributed by atoms with Crippen molar-refractivity contribution in [1.82, 2.24) is 5.32 Å². The Balaban J connectivity index is 2.14. The number of carbonyl (C=O) groups is 1. The largest absolute Gasteiger partial charge is 0.466 e. The summed E-state index contributed by atoms with van der Waals surface area (Å²) in [6.07, 6.45) is 4.54. The van der Waals surface area contributed by atoms with Crippen LogP contribution in [0.3, 0.4) is 0 Å². The fourth-order valence-corrected chi connectivity index (χ4v) is 2.42. The first-order valence-corrected chi connectivity index (χ1v) is 6.52. The molecule has 1 fully saturated rings. The van der Waals surface area contributed by atoms with Crippen molar-refractivity contribution in [2.45, 2.75) is 52.5 Å². The SMILES string of the molecule is CCOC(=O)CC(C)NCC1CCCC1C. The molecule has 0 saturated heterocycles. The molecule has 1 aliphatic rings. The molecule has 3 heteroatoms. The molecule has 0 spiro atoms. The van der Waals surface area contributed by atoms with Gasteiger partial charge in [0.15, 0.2) is 0 Å². The molecule has 94 valence electrons. The first-order chi connectivity index (χ1) is 7.63. The molecular weight excluding hydrogens is 202 g/mol. The summed E-state index contributed by atoms with van der Waals surface area (Å²) in [6, 6.07) is 0.229. The van der Waals surface area contributed by atoms with Gasteiger partial charge in [-0.1, -0.05) is 19.8 Å². The smallest absolute Gasteiger partial charge is 0.307 e. The number of nitrogens with one attached hydrogen (secondary N) is 1. The highest BCUT2D eigenvalue weighted by molar-refractivity contribution is 5.69. The zero-order chi connectivity index (χ0) is 12.0. The molecule has 3 atom stereocenters. The van der Waals surface area contributed by atoms with Crippen LogP contribution < -0.4 is 5.32 Å². The lowest BCUT2D eigenvalue weighted by Gasteiger charge is -2.19. The van der Waals surface area contributed by atoms with E-state index in [2.05, 4.69) is 19.2 Å². The average Bonchev–Trinajstić information content (AvgIpc) is 2.61. The lowest BCUT2D eigenvalue weighted by atomic mass is 9.98. The van der Waals surface area contributed by atoms with E-state index >= 15 is 0 Å². The summed E-state index contributed by atoms with van der Waals surface area (Å²) in [7, 11) is 0. The molecule has 0 aliphatic heterocycles. The molecule has 0 aromatic rings. The predicted molar refractivity (Wildman–Crippen MR) is 65.2 cm³/mol. The average molecular weight is 227 g/mol. The van der Waals surface area contributed by atoms with E-state index in [1.807, 2.05) is 6.92 Å². The number of hydrogen-bond donors (Lipinski definition) is 1. The quantitative estimate of drug-likeness (QED) is 0.708. The minimum absolute atomic E-state index is 0.0954. The monoisotopic (exact) mass is 227 g/mol. The van der Waals surface area contributed by atoms with Gasteiger partial charge in [0.1, 0.15) is 0 Å². The van der Waals surface area contributed by atoms with Crippen LogP contribution in [-0.2, 0) is 9.53 Å². The molecule has 3 nitrogen and oxygen atoms in total. The standard InChI is InChI=1S/C13H25NO2/c1-4-16-13(15)8-11(3)14-9-12-7-5-6-10(12)2/h10-12,14H,4-9H2,1-3H3. The van der Waals surface area contributed by atoms with Crippen LogP contribution in [0.2, 0.25) is 0 Å². The van der Waals surface area contributed by atoms with Crippen molar-refractivity contribution in [3.05, 3.63) is 0 Å². The second-order valence-electron chi connectivity index (χ2n) is 4.99. The highest BCUT2D eigenvalue weighted by Gasteiger charge is 2.23. The zero-order valence-electron chi connectivity index (χ0n) is 10.8. The highest BCUT2D eigenvalue weighted by atomic mass is 16.5. The predicted octanol–water partition coefficient (Wildman–Crippen LogP) is 2.35. The summed E-state index contributed by atoms with van der Waals surface area (Å²) < 4.78 is 4.93. The van der Waals surface area contributed by atoms with Gasteiger partial charge in [-0.05, 0) is 38.6 Å². The second-order valence-corrected chi connectivity index (χ2v) is 4.99. The number of hydrogen-bond acceptors (Lipinski definition) is 3. The number of carbonyl (C=O) groups excluding carboxylic acids is 1. The molecule has 0 aromatic carbocycles. The third kappa shape index (κ3) is 4.52. The summed E-state index contributed by atoms with van der Waals surface area (Å²) in [6.45, 7) is 7.75. The van der Waals surface area contributed by atoms with Crippen molar-refractivity contribution < 1.29 is 9.53 Å². The van der Waals surface area contributed by atoms with Gasteiger partial charge in [-0.15, -0.1) is 0 Å². The van der Waals surface area contributed by atoms with Crippen molar-refractivity contribution in [2.24, 2.45) is 11.8 Å². The van der Waals surface area contributed by atoms with Crippen molar-refractivity contribution in [1.29, 1.82) is 0 Å². The minimum Gasteiger partial charge on any atom is -0.466 e. The van der Waals surface area contributed by atoms with Gasteiger partial charge in [0.2, 0.25) is 0 Å². The topological polar surface area (TPSA) is 38.3 Å². The van der Waals surface area contributed by atoms with E-state index < -0.39 is 0 Å². The lowest BCUT2D eigenvalue weighted by Crippen LogP contribution is -2.34. The summed E-state index contributed by atoms with van der Waals surface area (Å²) in [4.78, 5) is 11.3. The Morgan fingerprint density at radius 2 is 2.25 bits per heavy atom. The van der Waals surface area contributed by atoms with Gasteiger partial charge in [-0.25, -0.2) is 0 Å². The van der Waals surface area contributed by atoms with Gasteiger partial charge < -0.3 is 10.1 Å². The maximum atomic E-state index is 11.3. The molecule has 0 heterocycles. The molecule has 1 saturated carbocycles. The first kappa shape index (κ1) is 13.5. The Morgan fingerprint density at radius 1 is 1.50 bits per heavy atom. The van der Waals surface area contributed by atoms with E-state index in [1.54, 1.807) is 0 Å². The van der Waals surface area contributed by atoms with E-state index in [0.29, 0.717) is 13.0 Å². The number of ether oxygens (including phenoxy) is 1. The van der Waals surface area contributed by atoms with E-state index in [9.17, 15) is 4.79 Å². The highest BCUT2D eigenvalue weighted by Crippen LogP contribution is 2.30. The Morgan fingerprint density at radius 3 is 2.81 bits per heavy atom. The van der Waals surface area contributed by atoms with Gasteiger partial charge in [0.25, 0.3) is 0 Å². The Hall–Kier alpha value is -0.570. The maximum Gasteiger partial charge on any atom is 0.307 e. The lowest BCUT2D eigenvalue weighted by molar-refractivity contribution is -0.143. The number of esters is 1. The van der Waals surface area contributed by atoms with Gasteiger partial charge in [-0.2, -0.15) is 0 Å². The van der Waals surface area contributed by atoms with Gasteiger partial charge in [0.05, 0.1) is 13.0 Å². The van der Waals surface area contributed by atoms with Crippen LogP contribution in [0.25, 0.3) is 0 Å². The second kappa shape index (κ2) is 6.89. The van der Waals surface area contributed by atoms with Crippen molar-refractivity contribution >= 4 is 5.97 Å². The fraction of sp³-hybridized carbons (Fsp3) is 0.923. The molecule has 1 rings (SSSR count). The van der Waals surface area contributed by atoms with E-state index in [1.165, 1.54) is 19.3 Å². The molecule has 0 bridgehead atoms. The Bertz CT molecular complexity index is 218. The zero-order valence-corrected chi connectivity index (χ0v) is 10.8. The van der Waals surface area contributed by atoms with E-state index in [-0.39, 0.29) is 12.0 Å². The summed E-state index contributed by atoms with van der Waals surface area (Å²) in [5, 5.41) is 3.44. The van der Waals surface area contributed by atoms with Crippen molar-refractivity contribution in [3.8, 4) is 0 Å². The van der Waals surface area contributed by atoms with Crippen LogP contribution in [0, 0.1) is 11.8 Å². The van der Waals surface area contributed by atoms with Crippen LogP contribution in [0.4, 0.5) is 0 Å². The normalized spacial score (nSPS) is 26.7. The molecule has 1 aliphatic carbocycles. The molecule has 16 heavy (non-hydrogen) atoms. The Kier molecular flexibility index (Phi) is 5.81. The fourth-order valence-electron chi connectivity index (χ4n) is 2.42. The first-order valence-electron chi connectivity index (χ1n) is 6.52. The molecule has 0 aromatic heterocycles. The van der Waals surface area contributed by atoms with Crippen LogP contribution in [0.15, 0.2) is 0 Å². The van der Waals surface area contributed by atoms with Crippen LogP contribution in [0.1, 0.15) is 46.5 Å². The van der Waals surface area contributed by atoms with Crippen molar-refractivity contribution in [2.75, 3.05) is 13.2 Å². The maximum absolute atomic E-state index is 11.3. The molecular formula is C13H25NO2. The third-order valence-electron chi connectivity index (χ3n) is 3.55. The molecule has 0 amide bonds. The minimum atomic E-state index is -0.0954. The van der Waals surface area contributed by atoms with Crippen LogP contribution in [0.5, 0.6) is 0 Å². The molecule has 3 unspecified atom stereocenters. The van der Waals surface area contributed by atoms with E-state index in [0.717, 1.165) is 18.4 Å². The molecule has 1 N–H and O–H groups in total. The van der Waals surface area contributed by atoms with Gasteiger partial charge in [-0.3, -0.25) is 4.79 Å². The number of rotatable bonds is 6. The van der Waals surface area contributed by atoms with Crippen LogP contribution >= 0.6 is 0 Å². The van der Waals surface area contributed by atoms with Gasteiger partial charge >= 0.3 is 5.97 Å². The summed E-state index contributed by atoms with van der Waals surface area (Å²) in [5.41, 5.74) is 0. The summed E-state index contributed by atoms with van der Waals surface area (Å²) in [5.74, 6) is 1.54. The molecule has 0 radical (unpaired) electrons. The van der Waals surface area contributed by atoms with E-state index in [4.69, 9.17) is 4.74 Å². The third-order valence-corrected chi connectivity index (χ3v) is 3.55.